The van der Waals surface area contributed by atoms with Gasteiger partial charge in [-0.2, -0.15) is 5.26 Å². The highest BCUT2D eigenvalue weighted by atomic mass is 32.2. The number of rotatable bonds is 12. The Bertz CT molecular complexity index is 5430. The first-order valence-corrected chi connectivity index (χ1v) is 41.9. The molecule has 6 aromatic rings. The fourth-order valence-corrected chi connectivity index (χ4v) is 24.2. The van der Waals surface area contributed by atoms with Crippen LogP contribution in [-0.2, 0) is 74.9 Å². The third-order valence-corrected chi connectivity index (χ3v) is 28.6. The van der Waals surface area contributed by atoms with Crippen molar-refractivity contribution < 1.29 is 120 Å². The molecule has 0 aromatic heterocycles. The molecule has 4 saturated heterocycles. The number of carbonyl (C=O) groups is 6. The van der Waals surface area contributed by atoms with Crippen LogP contribution in [-0.4, -0.2) is 215 Å². The van der Waals surface area contributed by atoms with Crippen LogP contribution in [0, 0.1) is 39.0 Å². The van der Waals surface area contributed by atoms with Crippen LogP contribution in [0.2, 0.25) is 0 Å². The van der Waals surface area contributed by atoms with Gasteiger partial charge in [0.1, 0.15) is 50.2 Å². The van der Waals surface area contributed by atoms with E-state index in [0.717, 1.165) is 33.4 Å². The number of phenols is 2. The summed E-state index contributed by atoms with van der Waals surface area (Å²) >= 11 is 2.88. The van der Waals surface area contributed by atoms with Crippen molar-refractivity contribution in [3.8, 4) is 86.6 Å². The number of carbonyl (C=O) groups excluding carboxylic acids is 6. The summed E-state index contributed by atoms with van der Waals surface area (Å²) in [6, 6.07) is 8.09. The molecule has 34 heteroatoms. The van der Waals surface area contributed by atoms with Crippen LogP contribution in [0.15, 0.2) is 61.7 Å². The van der Waals surface area contributed by atoms with Crippen LogP contribution >= 0.6 is 23.5 Å². The topological polar surface area (TPSA) is 372 Å². The van der Waals surface area contributed by atoms with E-state index >= 15 is 0 Å². The van der Waals surface area contributed by atoms with Gasteiger partial charge >= 0.3 is 36.2 Å². The van der Waals surface area contributed by atoms with Gasteiger partial charge in [-0.05, 0) is 136 Å². The van der Waals surface area contributed by atoms with Crippen molar-refractivity contribution in [2.75, 3.05) is 107 Å². The molecule has 14 heterocycles. The predicted octanol–water partition coefficient (Wildman–Crippen LogP) is 11.3. The van der Waals surface area contributed by atoms with Gasteiger partial charge in [0.05, 0.1) is 75.2 Å². The molecule has 124 heavy (non-hydrogen) atoms. The van der Waals surface area contributed by atoms with Gasteiger partial charge in [0.2, 0.25) is 13.6 Å². The number of phenolic OH excluding ortho intramolecular Hbond substituents is 2. The van der Waals surface area contributed by atoms with Crippen LogP contribution in [0.5, 0.6) is 80.5 Å². The second-order valence-electron chi connectivity index (χ2n) is 31.9. The predicted molar refractivity (Wildman–Crippen MR) is 454 cm³/mol. The number of methoxy groups -OCH3 is 4. The van der Waals surface area contributed by atoms with E-state index in [1.807, 2.05) is 58.8 Å². The number of aromatic hydroxyl groups is 2. The SMILES string of the molecule is C.C.C.C=CCOC(=O)Oc1cc2c(cc1OC)[C@@]1(CS[C@@H]3c4c(OC(C)=O)c(C)c5c(c4[C@H](COC1=O)N1C3[C@H]3c4c(cc(C)c(OC)c4O)C[C@@H]([C@@H]1C#N)N3C)OCO5)NCC2.C=CCOC(=O)Oc1cc2c(cc1OC)[C@@]1(CS[C@@H]3c4c(OC(C)=O)c(C)c5c(c4[C@H](COC1=O)N1C3[C@H]3c4c(cc(C)c(OC)c4O)C[C@@H]([C@@H]1O)N3C)OCO5)NCC2. The van der Waals surface area contributed by atoms with Crippen LogP contribution in [0.25, 0.3) is 0 Å². The second-order valence-corrected chi connectivity index (χ2v) is 34.1. The van der Waals surface area contributed by atoms with Crippen molar-refractivity contribution >= 4 is 59.7 Å². The molecule has 32 nitrogen and oxygen atoms in total. The number of likely N-dealkylation sites (N-methyl/N-ethyl adjacent to an activating group) is 2. The minimum Gasteiger partial charge on any atom is -0.504 e. The molecular weight excluding hydrogens is 1640 g/mol. The number of nitrogens with one attached hydrogen (secondary N) is 2. The monoisotopic (exact) mass is 1750 g/mol. The largest absolute Gasteiger partial charge is 0.514 e. The molecule has 8 bridgehead atoms. The van der Waals surface area contributed by atoms with Crippen molar-refractivity contribution in [3.05, 3.63) is 151 Å². The van der Waals surface area contributed by atoms with E-state index in [1.54, 1.807) is 24.3 Å². The number of benzene rings is 6. The molecule has 662 valence electrons. The summed E-state index contributed by atoms with van der Waals surface area (Å²) in [6.07, 6.45) is 1.77. The van der Waals surface area contributed by atoms with E-state index in [0.29, 0.717) is 140 Å². The number of aryl methyl sites for hydroxylation is 2. The fourth-order valence-electron chi connectivity index (χ4n) is 20.8. The Balaban J connectivity index is 0.000000197. The average Bonchev–Trinajstić information content (AvgIpc) is 0.930. The maximum absolute atomic E-state index is 15.0. The lowest BCUT2D eigenvalue weighted by Crippen LogP contribution is -2.70. The third-order valence-electron chi connectivity index (χ3n) is 25.7. The Hall–Kier alpha value is -10.9. The molecule has 5 N–H and O–H groups in total. The van der Waals surface area contributed by atoms with Gasteiger partial charge in [-0.1, -0.05) is 59.7 Å². The van der Waals surface area contributed by atoms with Gasteiger partial charge in [-0.3, -0.25) is 39.8 Å². The van der Waals surface area contributed by atoms with E-state index in [-0.39, 0.29) is 114 Å². The fraction of sp³-hybridized carbons (Fsp3) is 0.478. The first-order chi connectivity index (χ1) is 58.2. The number of thioether (sulfide) groups is 2. The molecule has 0 radical (unpaired) electrons. The zero-order valence-corrected chi connectivity index (χ0v) is 70.4. The molecule has 14 aliphatic heterocycles. The number of nitrogens with zero attached hydrogens (tertiary/aromatic N) is 5. The van der Waals surface area contributed by atoms with Crippen molar-refractivity contribution in [2.45, 2.75) is 172 Å². The van der Waals surface area contributed by atoms with Crippen molar-refractivity contribution in [3.63, 3.8) is 0 Å². The Kier molecular flexibility index (Phi) is 24.9. The zero-order valence-electron chi connectivity index (χ0n) is 68.7. The molecule has 2 unspecified atom stereocenters. The number of nitriles is 1. The minimum absolute atomic E-state index is 0. The summed E-state index contributed by atoms with van der Waals surface area (Å²) in [5, 5.41) is 53.8. The van der Waals surface area contributed by atoms with Gasteiger partial charge in [0.15, 0.2) is 80.1 Å². The molecule has 0 saturated carbocycles. The molecule has 0 aliphatic carbocycles. The number of ether oxygens (including phenoxy) is 16. The molecule has 0 amide bonds. The van der Waals surface area contributed by atoms with Crippen molar-refractivity contribution in [1.29, 1.82) is 5.26 Å². The molecule has 4 fully saturated rings. The molecule has 14 aliphatic rings. The Labute approximate surface area is 727 Å². The second kappa shape index (κ2) is 34.6. The van der Waals surface area contributed by atoms with E-state index in [1.165, 1.54) is 78.0 Å². The van der Waals surface area contributed by atoms with Crippen LogP contribution in [0.3, 0.4) is 0 Å². The lowest BCUT2D eigenvalue weighted by Gasteiger charge is -2.62. The van der Waals surface area contributed by atoms with Gasteiger partial charge < -0.3 is 91.1 Å². The van der Waals surface area contributed by atoms with Crippen molar-refractivity contribution in [1.82, 2.24) is 30.2 Å². The molecular formula is C90H105N7O25S2. The number of esters is 4. The summed E-state index contributed by atoms with van der Waals surface area (Å²) in [5.74, 6) is 1.67. The van der Waals surface area contributed by atoms with E-state index < -0.39 is 112 Å². The summed E-state index contributed by atoms with van der Waals surface area (Å²) in [6.45, 7) is 17.2. The minimum atomic E-state index is -1.45. The normalized spacial score (nSPS) is 26.5. The Morgan fingerprint density at radius 1 is 0.548 bits per heavy atom. The Morgan fingerprint density at radius 3 is 1.37 bits per heavy atom. The first kappa shape index (κ1) is 89.4. The maximum atomic E-state index is 15.0. The van der Waals surface area contributed by atoms with Gasteiger partial charge in [0, 0.05) is 101 Å². The van der Waals surface area contributed by atoms with Gasteiger partial charge in [-0.15, -0.1) is 23.5 Å². The summed E-state index contributed by atoms with van der Waals surface area (Å²) < 4.78 is 93.9. The maximum Gasteiger partial charge on any atom is 0.514 e. The molecule has 6 aromatic carbocycles. The molecule has 14 atom stereocenters. The smallest absolute Gasteiger partial charge is 0.504 e. The highest BCUT2D eigenvalue weighted by Crippen LogP contribution is 2.68. The number of fused-ring (bicyclic) bond motifs is 18. The van der Waals surface area contributed by atoms with Crippen LogP contribution < -0.4 is 67.5 Å². The van der Waals surface area contributed by atoms with Gasteiger partial charge in [0.25, 0.3) is 0 Å². The lowest BCUT2D eigenvalue weighted by molar-refractivity contribution is -0.186. The number of aliphatic hydroxyl groups is 1. The highest BCUT2D eigenvalue weighted by Gasteiger charge is 2.65. The van der Waals surface area contributed by atoms with Crippen LogP contribution in [0.4, 0.5) is 9.59 Å². The molecule has 2 spiro atoms. The summed E-state index contributed by atoms with van der Waals surface area (Å²) in [5.41, 5.74) is 8.05. The summed E-state index contributed by atoms with van der Waals surface area (Å²) in [4.78, 5) is 89.4. The quantitative estimate of drug-likeness (QED) is 0.0250. The van der Waals surface area contributed by atoms with E-state index in [4.69, 9.17) is 75.8 Å². The van der Waals surface area contributed by atoms with E-state index in [2.05, 4.69) is 44.6 Å². The van der Waals surface area contributed by atoms with Gasteiger partial charge in [-0.25, -0.2) is 19.2 Å². The van der Waals surface area contributed by atoms with E-state index in [9.17, 15) is 49.3 Å². The number of aliphatic hydroxyl groups excluding tert-OH is 1. The standard InChI is InChI=1S/C44H46N4O12S.C43H47N3O13S.3CH4/c1-8-11-55-43(52)60-30-14-23-9-10-46-44(25(23)15-29(30)53-6)18-61-41-33-32(40-39(57-19-58-40)21(3)38(33)59-22(4)49)28(17-56-42(44)51)48-27(16-45)26-13-24-12-20(2)37(54-7)36(50)31(24)34(35(41)48)47(26)5;1-8-11-54-42(51)59-28-14-22-9-10-44-43(24(22)15-27(28)52-6)17-60-39-31-30(38-37(56-18-57-38)20(3)36(31)58-21(4)47)26(16-55-41(43)50)46-33(39)32-29-23(13-25(40(46)49)45(32)5)12-19(2)35(53-7)34(29)48;;;/h8,12,14-15,26-28,34-35,41,46,50H,1,9-11,13,17-19H2,2-7H3;8,12,14-15,25-26,32-33,39-40,44,48-49H,1,9-11,13,16-18H2,2-7H3;3*1H4/t26-,27-,28-,34+,35?,41+,44+;25-,26-,32+,33?,39+,40-,43+;;;/m00.../s1. The number of hydrogen-bond acceptors (Lipinski definition) is 34. The Morgan fingerprint density at radius 2 is 0.960 bits per heavy atom. The number of piperazine rings is 2. The first-order valence-electron chi connectivity index (χ1n) is 39.8. The molecule has 20 rings (SSSR count). The zero-order chi connectivity index (χ0) is 85.4. The van der Waals surface area contributed by atoms with Crippen LogP contribution in [0.1, 0.15) is 160 Å². The third kappa shape index (κ3) is 13.9. The highest BCUT2D eigenvalue weighted by molar-refractivity contribution is 7.99. The summed E-state index contributed by atoms with van der Waals surface area (Å²) in [7, 11) is 9.84. The van der Waals surface area contributed by atoms with Crippen molar-refractivity contribution in [2.24, 2.45) is 0 Å². The average molecular weight is 1750 g/mol. The lowest BCUT2D eigenvalue weighted by atomic mass is 9.71. The number of hydrogen-bond donors (Lipinski definition) is 5.